The zero-order valence-electron chi connectivity index (χ0n) is 33.1. The van der Waals surface area contributed by atoms with Crippen LogP contribution in [0.4, 0.5) is 0 Å². The number of carbonyl (C=O) groups is 1. The van der Waals surface area contributed by atoms with Gasteiger partial charge in [0.15, 0.2) is 0 Å². The number of aryl methyl sites for hydroxylation is 3. The lowest BCUT2D eigenvalue weighted by molar-refractivity contribution is -0.151. The third kappa shape index (κ3) is 7.90. The van der Waals surface area contributed by atoms with Crippen molar-refractivity contribution in [3.63, 3.8) is 0 Å². The number of hydrogen-bond donors (Lipinski definition) is 1. The van der Waals surface area contributed by atoms with Gasteiger partial charge in [-0.2, -0.15) is 0 Å². The molecule has 1 N–H and O–H groups in total. The van der Waals surface area contributed by atoms with E-state index in [1.807, 2.05) is 69.6 Å². The summed E-state index contributed by atoms with van der Waals surface area (Å²) in [6.07, 6.45) is 4.39. The highest BCUT2D eigenvalue weighted by Crippen LogP contribution is 2.56. The van der Waals surface area contributed by atoms with Crippen molar-refractivity contribution in [1.29, 1.82) is 0 Å². The normalized spacial score (nSPS) is 15.9. The molecular weight excluding hydrogens is 741 g/mol. The zero-order valence-corrected chi connectivity index (χ0v) is 34.0. The number of nitrogens with zero attached hydrogens (tertiary/aromatic N) is 5. The average molecular weight is 790 g/mol. The van der Waals surface area contributed by atoms with Crippen molar-refractivity contribution in [2.24, 2.45) is 12.5 Å². The first-order valence-corrected chi connectivity index (χ1v) is 20.5. The Balaban J connectivity index is 1.40. The van der Waals surface area contributed by atoms with E-state index < -0.39 is 31.2 Å². The van der Waals surface area contributed by atoms with E-state index in [9.17, 15) is 14.5 Å². The van der Waals surface area contributed by atoms with Gasteiger partial charge in [-0.05, 0) is 98.3 Å². The summed E-state index contributed by atoms with van der Waals surface area (Å²) in [4.78, 5) is 20.4. The summed E-state index contributed by atoms with van der Waals surface area (Å²) in [7, 11) is -2.70. The highest BCUT2D eigenvalue weighted by Gasteiger charge is 2.55. The van der Waals surface area contributed by atoms with Gasteiger partial charge in [-0.3, -0.25) is 19.2 Å². The molecule has 0 saturated carbocycles. The van der Waals surface area contributed by atoms with Crippen molar-refractivity contribution in [2.45, 2.75) is 65.6 Å². The van der Waals surface area contributed by atoms with E-state index in [1.165, 1.54) is 0 Å². The van der Waals surface area contributed by atoms with Crippen LogP contribution in [0.3, 0.4) is 0 Å². The Morgan fingerprint density at radius 2 is 1.65 bits per heavy atom. The molecule has 12 nitrogen and oxygen atoms in total. The van der Waals surface area contributed by atoms with Crippen LogP contribution < -0.4 is 13.8 Å². The van der Waals surface area contributed by atoms with Gasteiger partial charge in [0.2, 0.25) is 0 Å². The summed E-state index contributed by atoms with van der Waals surface area (Å²) in [6.45, 7) is 10.8. The van der Waals surface area contributed by atoms with Crippen molar-refractivity contribution in [1.82, 2.24) is 24.9 Å². The molecule has 2 atom stereocenters. The number of phosphoric acid groups is 1. The Morgan fingerprint density at radius 1 is 0.965 bits per heavy atom. The van der Waals surface area contributed by atoms with Crippen LogP contribution >= 0.6 is 7.82 Å². The SMILES string of the molecule is CC[C@@H]1CN(Cc2cc([C@](COP(=O)(Oc3ccccc3)Oc3ccccc3)(c3ccc4c(nnn4C)c3C)C(C)(C)C(=O)O)ccc2C)Cc2cnccc2O1. The van der Waals surface area contributed by atoms with E-state index in [0.717, 1.165) is 34.4 Å². The van der Waals surface area contributed by atoms with Gasteiger partial charge in [0.1, 0.15) is 28.9 Å². The minimum atomic E-state index is -4.51. The summed E-state index contributed by atoms with van der Waals surface area (Å²) in [5, 5.41) is 20.0. The highest BCUT2D eigenvalue weighted by atomic mass is 31.2. The van der Waals surface area contributed by atoms with Crippen LogP contribution in [0.15, 0.2) is 109 Å². The molecule has 2 aromatic heterocycles. The first-order valence-electron chi connectivity index (χ1n) is 19.0. The van der Waals surface area contributed by atoms with Gasteiger partial charge >= 0.3 is 13.8 Å². The predicted octanol–water partition coefficient (Wildman–Crippen LogP) is 8.83. The second-order valence-electron chi connectivity index (χ2n) is 15.1. The van der Waals surface area contributed by atoms with Gasteiger partial charge in [-0.1, -0.05) is 72.8 Å². The number of pyridine rings is 1. The molecular formula is C44H48N5O7P. The number of benzene rings is 4. The second kappa shape index (κ2) is 16.1. The van der Waals surface area contributed by atoms with Crippen molar-refractivity contribution in [3.05, 3.63) is 143 Å². The van der Waals surface area contributed by atoms with Gasteiger partial charge in [0.25, 0.3) is 0 Å². The van der Waals surface area contributed by atoms with Crippen LogP contribution in [0.5, 0.6) is 17.2 Å². The topological polar surface area (TPSA) is 138 Å². The standard InChI is InChI=1S/C44H48N5O7P/c1-7-35-28-49(27-33-25-45-23-22-40(33)54-35)26-32-24-34(19-18-30(32)2)44(43(4,5)42(50)51,38-20-21-39-41(31(38)3)46-47-48(39)6)29-53-57(52,55-36-14-10-8-11-15-36)56-37-16-12-9-13-17-37/h8-25,35H,7,26-29H2,1-6H3,(H,50,51)/t35-,44-/m1/s1. The molecule has 1 aliphatic heterocycles. The van der Waals surface area contributed by atoms with Crippen LogP contribution in [0, 0.1) is 19.3 Å². The van der Waals surface area contributed by atoms with Gasteiger partial charge in [-0.25, -0.2) is 9.25 Å². The monoisotopic (exact) mass is 789 g/mol. The molecule has 0 radical (unpaired) electrons. The number of para-hydroxylation sites is 2. The number of ether oxygens (including phenoxy) is 1. The molecule has 7 rings (SSSR count). The molecule has 13 heteroatoms. The maximum absolute atomic E-state index is 15.0. The van der Waals surface area contributed by atoms with Crippen LogP contribution in [0.25, 0.3) is 11.0 Å². The smallest absolute Gasteiger partial charge is 0.489 e. The molecule has 0 aliphatic carbocycles. The maximum atomic E-state index is 15.0. The van der Waals surface area contributed by atoms with Gasteiger partial charge < -0.3 is 18.9 Å². The number of carboxylic acids is 1. The number of aromatic nitrogens is 4. The lowest BCUT2D eigenvalue weighted by atomic mass is 9.57. The Morgan fingerprint density at radius 3 is 2.30 bits per heavy atom. The fourth-order valence-corrected chi connectivity index (χ4v) is 8.93. The molecule has 0 saturated heterocycles. The van der Waals surface area contributed by atoms with E-state index in [0.29, 0.717) is 41.8 Å². The van der Waals surface area contributed by atoms with Gasteiger partial charge in [0.05, 0.1) is 23.0 Å². The lowest BCUT2D eigenvalue weighted by Crippen LogP contribution is -2.51. The Labute approximate surface area is 333 Å². The number of carboxylic acid groups (broad SMARTS) is 1. The number of aliphatic carboxylic acids is 1. The zero-order chi connectivity index (χ0) is 40.4. The van der Waals surface area contributed by atoms with E-state index >= 15 is 0 Å². The number of fused-ring (bicyclic) bond motifs is 2. The molecule has 0 fully saturated rings. The Bertz CT molecular complexity index is 2380. The van der Waals surface area contributed by atoms with Crippen LogP contribution in [-0.4, -0.2) is 55.2 Å². The van der Waals surface area contributed by atoms with Crippen molar-refractivity contribution in [3.8, 4) is 17.2 Å². The van der Waals surface area contributed by atoms with E-state index in [2.05, 4.69) is 33.2 Å². The second-order valence-corrected chi connectivity index (χ2v) is 16.6. The molecule has 57 heavy (non-hydrogen) atoms. The summed E-state index contributed by atoms with van der Waals surface area (Å²) in [5.74, 6) is 0.268. The molecule has 6 aromatic rings. The largest absolute Gasteiger partial charge is 0.587 e. The first kappa shape index (κ1) is 39.7. The fraction of sp³-hybridized carbons (Fsp3) is 0.318. The van der Waals surface area contributed by atoms with Crippen LogP contribution in [-0.2, 0) is 39.4 Å². The van der Waals surface area contributed by atoms with Crippen molar-refractivity contribution < 1.29 is 32.8 Å². The third-order valence-corrected chi connectivity index (χ3v) is 12.5. The molecule has 0 amide bonds. The minimum Gasteiger partial charge on any atom is -0.489 e. The molecule has 3 heterocycles. The number of rotatable bonds is 14. The highest BCUT2D eigenvalue weighted by molar-refractivity contribution is 7.49. The minimum absolute atomic E-state index is 0.0275. The number of phosphoric ester groups is 1. The van der Waals surface area contributed by atoms with E-state index in [4.69, 9.17) is 18.3 Å². The first-order chi connectivity index (χ1) is 27.3. The summed E-state index contributed by atoms with van der Waals surface area (Å²) >= 11 is 0. The van der Waals surface area contributed by atoms with Gasteiger partial charge in [0, 0.05) is 44.6 Å². The Hall–Kier alpha value is -5.55. The predicted molar refractivity (Wildman–Crippen MR) is 217 cm³/mol. The number of hydrogen-bond acceptors (Lipinski definition) is 10. The molecule has 0 unspecified atom stereocenters. The molecule has 296 valence electrons. The van der Waals surface area contributed by atoms with E-state index in [1.54, 1.807) is 73.3 Å². The third-order valence-electron chi connectivity index (χ3n) is 11.2. The van der Waals surface area contributed by atoms with E-state index in [-0.39, 0.29) is 17.6 Å². The van der Waals surface area contributed by atoms with Gasteiger partial charge in [-0.15, -0.1) is 5.10 Å². The summed E-state index contributed by atoms with van der Waals surface area (Å²) in [5.41, 5.74) is 3.29. The average Bonchev–Trinajstić information content (AvgIpc) is 3.48. The lowest BCUT2D eigenvalue weighted by Gasteiger charge is -2.46. The van der Waals surface area contributed by atoms with Crippen molar-refractivity contribution >= 4 is 24.8 Å². The maximum Gasteiger partial charge on any atom is 0.587 e. The molecule has 4 aromatic carbocycles. The Kier molecular flexibility index (Phi) is 11.2. The van der Waals surface area contributed by atoms with Crippen molar-refractivity contribution in [2.75, 3.05) is 13.2 Å². The van der Waals surface area contributed by atoms with Crippen LogP contribution in [0.1, 0.15) is 60.6 Å². The summed E-state index contributed by atoms with van der Waals surface area (Å²) in [6, 6.07) is 29.0. The quantitative estimate of drug-likeness (QED) is 0.106. The molecule has 0 bridgehead atoms. The summed E-state index contributed by atoms with van der Waals surface area (Å²) < 4.78 is 41.7. The van der Waals surface area contributed by atoms with Crippen LogP contribution in [0.2, 0.25) is 0 Å². The molecule has 0 spiro atoms. The molecule has 1 aliphatic rings. The fourth-order valence-electron chi connectivity index (χ4n) is 7.68.